The van der Waals surface area contributed by atoms with Gasteiger partial charge in [0.1, 0.15) is 6.42 Å². The van der Waals surface area contributed by atoms with Crippen LogP contribution in [0, 0.1) is 11.3 Å². The minimum atomic E-state index is -0.379. The van der Waals surface area contributed by atoms with Gasteiger partial charge in [0.2, 0.25) is 11.8 Å². The summed E-state index contributed by atoms with van der Waals surface area (Å²) in [5, 5.41) is 14.2. The Kier molecular flexibility index (Phi) is 8.51. The van der Waals surface area contributed by atoms with Crippen LogP contribution in [0.15, 0.2) is 42.5 Å². The molecule has 0 saturated carbocycles. The summed E-state index contributed by atoms with van der Waals surface area (Å²) in [5.74, 6) is 0.844. The van der Waals surface area contributed by atoms with Crippen LogP contribution in [0.3, 0.4) is 0 Å². The van der Waals surface area contributed by atoms with Gasteiger partial charge >= 0.3 is 0 Å². The number of nitrogens with zero attached hydrogens (tertiary/aromatic N) is 1. The molecule has 0 spiro atoms. The van der Waals surface area contributed by atoms with Gasteiger partial charge in [-0.05, 0) is 42.7 Å². The Hall–Kier alpha value is -3.53. The van der Waals surface area contributed by atoms with Crippen molar-refractivity contribution in [2.75, 3.05) is 19.0 Å². The number of benzene rings is 2. The van der Waals surface area contributed by atoms with Crippen LogP contribution in [0.1, 0.15) is 30.9 Å². The molecule has 0 aromatic heterocycles. The number of nitriles is 1. The molecule has 2 rings (SSSR count). The van der Waals surface area contributed by atoms with Crippen LogP contribution in [0.25, 0.3) is 0 Å². The smallest absolute Gasteiger partial charge is 0.238 e. The van der Waals surface area contributed by atoms with Crippen LogP contribution in [-0.2, 0) is 22.6 Å². The Labute approximate surface area is 170 Å². The molecule has 0 saturated heterocycles. The number of nitrogens with one attached hydrogen (secondary N) is 2. The van der Waals surface area contributed by atoms with E-state index < -0.39 is 0 Å². The summed E-state index contributed by atoms with van der Waals surface area (Å²) < 4.78 is 10.8. The van der Waals surface area contributed by atoms with Gasteiger partial charge in [-0.2, -0.15) is 5.26 Å². The maximum Gasteiger partial charge on any atom is 0.238 e. The highest BCUT2D eigenvalue weighted by atomic mass is 16.5. The van der Waals surface area contributed by atoms with Crippen molar-refractivity contribution in [3.63, 3.8) is 0 Å². The van der Waals surface area contributed by atoms with Gasteiger partial charge in [0, 0.05) is 18.7 Å². The van der Waals surface area contributed by atoms with Crippen LogP contribution in [0.4, 0.5) is 5.69 Å². The van der Waals surface area contributed by atoms with Crippen molar-refractivity contribution in [1.29, 1.82) is 5.26 Å². The molecule has 2 aromatic rings. The van der Waals surface area contributed by atoms with E-state index in [4.69, 9.17) is 14.7 Å². The number of ether oxygens (including phenoxy) is 2. The number of hydrogen-bond acceptors (Lipinski definition) is 5. The van der Waals surface area contributed by atoms with E-state index in [-0.39, 0.29) is 24.8 Å². The lowest BCUT2D eigenvalue weighted by Crippen LogP contribution is -2.24. The van der Waals surface area contributed by atoms with E-state index in [1.807, 2.05) is 43.3 Å². The first-order valence-electron chi connectivity index (χ1n) is 9.38. The van der Waals surface area contributed by atoms with Gasteiger partial charge in [0.15, 0.2) is 11.5 Å². The van der Waals surface area contributed by atoms with E-state index in [0.717, 1.165) is 11.1 Å². The van der Waals surface area contributed by atoms with E-state index in [9.17, 15) is 9.59 Å². The first-order chi connectivity index (χ1) is 14.1. The maximum atomic E-state index is 12.3. The van der Waals surface area contributed by atoms with Gasteiger partial charge in [0.05, 0.1) is 19.8 Å². The second-order valence-corrected chi connectivity index (χ2v) is 6.24. The molecule has 0 heterocycles. The molecule has 0 aliphatic carbocycles. The fourth-order valence-electron chi connectivity index (χ4n) is 2.74. The van der Waals surface area contributed by atoms with Crippen LogP contribution >= 0.6 is 0 Å². The van der Waals surface area contributed by atoms with Crippen molar-refractivity contribution in [2.24, 2.45) is 0 Å². The third-order valence-electron chi connectivity index (χ3n) is 4.18. The van der Waals surface area contributed by atoms with Gasteiger partial charge < -0.3 is 20.1 Å². The molecule has 0 bridgehead atoms. The van der Waals surface area contributed by atoms with E-state index in [1.54, 1.807) is 19.2 Å². The summed E-state index contributed by atoms with van der Waals surface area (Å²) in [7, 11) is 1.58. The molecule has 7 heteroatoms. The van der Waals surface area contributed by atoms with E-state index in [1.165, 1.54) is 0 Å². The maximum absolute atomic E-state index is 12.3. The quantitative estimate of drug-likeness (QED) is 0.643. The third-order valence-corrected chi connectivity index (χ3v) is 4.18. The van der Waals surface area contributed by atoms with Crippen molar-refractivity contribution in [2.45, 2.75) is 32.7 Å². The molecule has 0 aliphatic rings. The summed E-state index contributed by atoms with van der Waals surface area (Å²) in [6.45, 7) is 2.75. The van der Waals surface area contributed by atoms with Crippen molar-refractivity contribution in [3.05, 3.63) is 53.6 Å². The molecule has 29 heavy (non-hydrogen) atoms. The van der Waals surface area contributed by atoms with E-state index in [0.29, 0.717) is 36.6 Å². The molecule has 7 nitrogen and oxygen atoms in total. The molecule has 152 valence electrons. The molecular formula is C22H25N3O4. The van der Waals surface area contributed by atoms with Gasteiger partial charge in [0.25, 0.3) is 0 Å². The number of hydrogen-bond donors (Lipinski definition) is 2. The lowest BCUT2D eigenvalue weighted by atomic mass is 10.1. The molecule has 0 fully saturated rings. The number of carbonyl (C=O) groups is 2. The van der Waals surface area contributed by atoms with Crippen molar-refractivity contribution >= 4 is 17.5 Å². The third kappa shape index (κ3) is 6.85. The lowest BCUT2D eigenvalue weighted by Gasteiger charge is -2.12. The average molecular weight is 395 g/mol. The van der Waals surface area contributed by atoms with Crippen molar-refractivity contribution < 1.29 is 19.1 Å². The van der Waals surface area contributed by atoms with Crippen molar-refractivity contribution in [3.8, 4) is 17.6 Å². The Morgan fingerprint density at radius 1 is 1.10 bits per heavy atom. The van der Waals surface area contributed by atoms with Gasteiger partial charge in [-0.25, -0.2) is 0 Å². The largest absolute Gasteiger partial charge is 0.493 e. The average Bonchev–Trinajstić information content (AvgIpc) is 2.72. The monoisotopic (exact) mass is 395 g/mol. The number of methoxy groups -OCH3 is 1. The van der Waals surface area contributed by atoms with Crippen LogP contribution in [0.5, 0.6) is 11.5 Å². The fourth-order valence-corrected chi connectivity index (χ4v) is 2.74. The molecule has 0 aliphatic heterocycles. The standard InChI is InChI=1S/C22H25N3O4/c1-3-29-19-10-8-16(14-20(19)28-2)9-11-21(26)24-15-17-6-4-5-7-18(17)25-22(27)12-13-23/h4-8,10,14H,3,9,11-12,15H2,1-2H3,(H,24,26)(H,25,27). The van der Waals surface area contributed by atoms with Gasteiger partial charge in [-0.1, -0.05) is 24.3 Å². The first kappa shape index (κ1) is 21.8. The Bertz CT molecular complexity index is 890. The predicted molar refractivity (Wildman–Crippen MR) is 110 cm³/mol. The van der Waals surface area contributed by atoms with Gasteiger partial charge in [-0.3, -0.25) is 9.59 Å². The Morgan fingerprint density at radius 2 is 1.90 bits per heavy atom. The minimum Gasteiger partial charge on any atom is -0.493 e. The van der Waals surface area contributed by atoms with Crippen molar-refractivity contribution in [1.82, 2.24) is 5.32 Å². The highest BCUT2D eigenvalue weighted by molar-refractivity contribution is 5.92. The molecule has 0 radical (unpaired) electrons. The fraction of sp³-hybridized carbons (Fsp3) is 0.318. The SMILES string of the molecule is CCOc1ccc(CCC(=O)NCc2ccccc2NC(=O)CC#N)cc1OC. The van der Waals surface area contributed by atoms with Crippen LogP contribution in [-0.4, -0.2) is 25.5 Å². The number of rotatable bonds is 10. The molecule has 2 amide bonds. The minimum absolute atomic E-state index is 0.101. The second-order valence-electron chi connectivity index (χ2n) is 6.24. The zero-order valence-electron chi connectivity index (χ0n) is 16.7. The van der Waals surface area contributed by atoms with Crippen LogP contribution < -0.4 is 20.1 Å². The van der Waals surface area contributed by atoms with Gasteiger partial charge in [-0.15, -0.1) is 0 Å². The first-order valence-corrected chi connectivity index (χ1v) is 9.38. The second kappa shape index (κ2) is 11.3. The number of anilines is 1. The summed E-state index contributed by atoms with van der Waals surface area (Å²) in [4.78, 5) is 23.9. The topological polar surface area (TPSA) is 100 Å². The Balaban J connectivity index is 1.89. The Morgan fingerprint density at radius 3 is 2.62 bits per heavy atom. The summed E-state index contributed by atoms with van der Waals surface area (Å²) in [6, 6.07) is 14.6. The molecular weight excluding hydrogens is 370 g/mol. The normalized spacial score (nSPS) is 9.97. The molecule has 2 aromatic carbocycles. The summed E-state index contributed by atoms with van der Waals surface area (Å²) in [6.07, 6.45) is 0.668. The zero-order valence-corrected chi connectivity index (χ0v) is 16.7. The number of para-hydroxylation sites is 1. The number of aryl methyl sites for hydroxylation is 1. The van der Waals surface area contributed by atoms with E-state index in [2.05, 4.69) is 10.6 Å². The molecule has 0 atom stereocenters. The highest BCUT2D eigenvalue weighted by Crippen LogP contribution is 2.28. The molecule has 0 unspecified atom stereocenters. The zero-order chi connectivity index (χ0) is 21.1. The summed E-state index contributed by atoms with van der Waals surface area (Å²) in [5.41, 5.74) is 2.34. The van der Waals surface area contributed by atoms with Crippen LogP contribution in [0.2, 0.25) is 0 Å². The van der Waals surface area contributed by atoms with E-state index >= 15 is 0 Å². The lowest BCUT2D eigenvalue weighted by molar-refractivity contribution is -0.121. The molecule has 2 N–H and O–H groups in total. The number of amides is 2. The summed E-state index contributed by atoms with van der Waals surface area (Å²) >= 11 is 0. The highest BCUT2D eigenvalue weighted by Gasteiger charge is 2.10. The predicted octanol–water partition coefficient (Wildman–Crippen LogP) is 3.20. The number of carbonyl (C=O) groups excluding carboxylic acids is 2.